The summed E-state index contributed by atoms with van der Waals surface area (Å²) in [7, 11) is 0. The fourth-order valence-electron chi connectivity index (χ4n) is 4.91. The summed E-state index contributed by atoms with van der Waals surface area (Å²) in [4.78, 5) is 15.0. The molecule has 3 fully saturated rings. The van der Waals surface area contributed by atoms with Crippen LogP contribution >= 0.6 is 12.4 Å². The molecular formula is C19H26ClFN2O2. The van der Waals surface area contributed by atoms with E-state index in [0.717, 1.165) is 18.4 Å². The molecule has 1 aliphatic heterocycles. The molecule has 3 aliphatic rings. The number of morpholine rings is 1. The van der Waals surface area contributed by atoms with Gasteiger partial charge in [-0.2, -0.15) is 0 Å². The highest BCUT2D eigenvalue weighted by molar-refractivity contribution is 5.85. The van der Waals surface area contributed by atoms with Gasteiger partial charge in [-0.05, 0) is 55.7 Å². The number of carbonyl (C=O) groups is 1. The summed E-state index contributed by atoms with van der Waals surface area (Å²) in [5.41, 5.74) is 7.26. The Morgan fingerprint density at radius 3 is 2.52 bits per heavy atom. The summed E-state index contributed by atoms with van der Waals surface area (Å²) in [6, 6.07) is 6.37. The van der Waals surface area contributed by atoms with Crippen LogP contribution in [0.3, 0.4) is 0 Å². The number of rotatable bonds is 2. The molecule has 2 bridgehead atoms. The average molecular weight is 369 g/mol. The van der Waals surface area contributed by atoms with Gasteiger partial charge in [-0.15, -0.1) is 12.4 Å². The van der Waals surface area contributed by atoms with E-state index in [1.54, 1.807) is 12.1 Å². The number of benzene rings is 1. The second-order valence-electron chi connectivity index (χ2n) is 7.67. The molecule has 2 saturated carbocycles. The Kier molecular flexibility index (Phi) is 5.37. The highest BCUT2D eigenvalue weighted by Crippen LogP contribution is 2.48. The molecule has 2 N–H and O–H groups in total. The number of carbonyl (C=O) groups excluding carboxylic acids is 1. The molecule has 25 heavy (non-hydrogen) atoms. The van der Waals surface area contributed by atoms with E-state index in [0.29, 0.717) is 24.9 Å². The minimum absolute atomic E-state index is 0. The summed E-state index contributed by atoms with van der Waals surface area (Å²) in [5, 5.41) is 0. The molecule has 1 aromatic rings. The SMILES string of the molecule is CC1CN(C(=O)C2C3CCC(C3)C2N)CC(c2ccc(F)cc2)O1.Cl. The van der Waals surface area contributed by atoms with Gasteiger partial charge in [0.2, 0.25) is 5.91 Å². The summed E-state index contributed by atoms with van der Waals surface area (Å²) in [5.74, 6) is 0.888. The molecule has 1 saturated heterocycles. The number of ether oxygens (including phenoxy) is 1. The van der Waals surface area contributed by atoms with Crippen molar-refractivity contribution in [2.24, 2.45) is 23.5 Å². The number of halogens is 2. The number of fused-ring (bicyclic) bond motifs is 2. The smallest absolute Gasteiger partial charge is 0.227 e. The van der Waals surface area contributed by atoms with Gasteiger partial charge in [0, 0.05) is 12.6 Å². The molecule has 6 unspecified atom stereocenters. The summed E-state index contributed by atoms with van der Waals surface area (Å²) in [6.45, 7) is 3.11. The molecule has 0 radical (unpaired) electrons. The number of nitrogens with zero attached hydrogens (tertiary/aromatic N) is 1. The van der Waals surface area contributed by atoms with Crippen LogP contribution in [0.2, 0.25) is 0 Å². The van der Waals surface area contributed by atoms with Gasteiger partial charge in [0.25, 0.3) is 0 Å². The molecule has 0 spiro atoms. The molecule has 0 aromatic heterocycles. The predicted octanol–water partition coefficient (Wildman–Crippen LogP) is 2.91. The standard InChI is InChI=1S/C19H25FN2O2.ClH/c1-11-9-22(10-16(24-11)12-4-6-15(20)7-5-12)19(23)17-13-2-3-14(8-13)18(17)21;/h4-7,11,13-14,16-18H,2-3,8-10,21H2,1H3;1H. The molecule has 1 amide bonds. The van der Waals surface area contributed by atoms with Gasteiger partial charge in [-0.25, -0.2) is 4.39 Å². The zero-order valence-corrected chi connectivity index (χ0v) is 15.3. The van der Waals surface area contributed by atoms with Crippen molar-refractivity contribution in [3.63, 3.8) is 0 Å². The first-order chi connectivity index (χ1) is 11.5. The van der Waals surface area contributed by atoms with Gasteiger partial charge in [-0.1, -0.05) is 12.1 Å². The lowest BCUT2D eigenvalue weighted by atomic mass is 9.83. The lowest BCUT2D eigenvalue weighted by molar-refractivity contribution is -0.151. The predicted molar refractivity (Wildman–Crippen MR) is 95.8 cm³/mol. The minimum atomic E-state index is -0.261. The van der Waals surface area contributed by atoms with Crippen LogP contribution < -0.4 is 5.73 Å². The highest BCUT2D eigenvalue weighted by atomic mass is 35.5. The second kappa shape index (κ2) is 7.22. The molecule has 1 heterocycles. The third-order valence-electron chi connectivity index (χ3n) is 6.08. The van der Waals surface area contributed by atoms with Crippen LogP contribution in [0.25, 0.3) is 0 Å². The van der Waals surface area contributed by atoms with Crippen molar-refractivity contribution >= 4 is 18.3 Å². The molecule has 4 rings (SSSR count). The molecule has 6 atom stereocenters. The molecule has 138 valence electrons. The fraction of sp³-hybridized carbons (Fsp3) is 0.632. The van der Waals surface area contributed by atoms with Gasteiger partial charge < -0.3 is 15.4 Å². The van der Waals surface area contributed by atoms with Crippen molar-refractivity contribution in [2.45, 2.75) is 44.4 Å². The van der Waals surface area contributed by atoms with E-state index < -0.39 is 0 Å². The number of nitrogens with two attached hydrogens (primary N) is 1. The van der Waals surface area contributed by atoms with Gasteiger partial charge in [0.05, 0.1) is 18.6 Å². The van der Waals surface area contributed by atoms with E-state index in [1.165, 1.54) is 18.6 Å². The van der Waals surface area contributed by atoms with E-state index in [2.05, 4.69) is 0 Å². The number of hydrogen-bond acceptors (Lipinski definition) is 3. The molecule has 2 aliphatic carbocycles. The van der Waals surface area contributed by atoms with Crippen LogP contribution in [0.4, 0.5) is 4.39 Å². The average Bonchev–Trinajstić information content (AvgIpc) is 3.15. The first-order valence-corrected chi connectivity index (χ1v) is 8.98. The zero-order valence-electron chi connectivity index (χ0n) is 14.4. The van der Waals surface area contributed by atoms with E-state index in [1.807, 2.05) is 11.8 Å². The van der Waals surface area contributed by atoms with Crippen molar-refractivity contribution in [3.8, 4) is 0 Å². The van der Waals surface area contributed by atoms with Gasteiger partial charge >= 0.3 is 0 Å². The first kappa shape index (κ1) is 18.6. The Bertz CT molecular complexity index is 624. The largest absolute Gasteiger partial charge is 0.367 e. The Balaban J connectivity index is 0.00000182. The van der Waals surface area contributed by atoms with Crippen molar-refractivity contribution < 1.29 is 13.9 Å². The maximum atomic E-state index is 13.1. The number of hydrogen-bond donors (Lipinski definition) is 1. The summed E-state index contributed by atoms with van der Waals surface area (Å²) in [6.07, 6.45) is 3.18. The first-order valence-electron chi connectivity index (χ1n) is 8.98. The van der Waals surface area contributed by atoms with Crippen molar-refractivity contribution in [1.82, 2.24) is 4.90 Å². The van der Waals surface area contributed by atoms with Crippen LogP contribution in [-0.2, 0) is 9.53 Å². The van der Waals surface area contributed by atoms with Crippen molar-refractivity contribution in [2.75, 3.05) is 13.1 Å². The van der Waals surface area contributed by atoms with Crippen molar-refractivity contribution in [1.29, 1.82) is 0 Å². The maximum Gasteiger partial charge on any atom is 0.227 e. The van der Waals surface area contributed by atoms with E-state index in [9.17, 15) is 9.18 Å². The summed E-state index contributed by atoms with van der Waals surface area (Å²) >= 11 is 0. The Morgan fingerprint density at radius 1 is 1.20 bits per heavy atom. The molecular weight excluding hydrogens is 343 g/mol. The Morgan fingerprint density at radius 2 is 1.88 bits per heavy atom. The van der Waals surface area contributed by atoms with Crippen LogP contribution in [0, 0.1) is 23.6 Å². The van der Waals surface area contributed by atoms with E-state index >= 15 is 0 Å². The van der Waals surface area contributed by atoms with E-state index in [4.69, 9.17) is 10.5 Å². The second-order valence-corrected chi connectivity index (χ2v) is 7.67. The normalized spacial score (nSPS) is 37.0. The lowest BCUT2D eigenvalue weighted by Gasteiger charge is -2.40. The van der Waals surface area contributed by atoms with Crippen LogP contribution in [0.1, 0.15) is 37.9 Å². The summed E-state index contributed by atoms with van der Waals surface area (Å²) < 4.78 is 19.1. The topological polar surface area (TPSA) is 55.6 Å². The van der Waals surface area contributed by atoms with Crippen LogP contribution in [-0.4, -0.2) is 36.0 Å². The minimum Gasteiger partial charge on any atom is -0.367 e. The monoisotopic (exact) mass is 368 g/mol. The Labute approximate surface area is 154 Å². The fourth-order valence-corrected chi connectivity index (χ4v) is 4.91. The van der Waals surface area contributed by atoms with Crippen molar-refractivity contribution in [3.05, 3.63) is 35.6 Å². The zero-order chi connectivity index (χ0) is 16.8. The quantitative estimate of drug-likeness (QED) is 0.873. The lowest BCUT2D eigenvalue weighted by Crippen LogP contribution is -2.52. The highest BCUT2D eigenvalue weighted by Gasteiger charge is 2.50. The molecule has 1 aromatic carbocycles. The van der Waals surface area contributed by atoms with Crippen LogP contribution in [0.5, 0.6) is 0 Å². The molecule has 4 nitrogen and oxygen atoms in total. The maximum absolute atomic E-state index is 13.1. The third kappa shape index (κ3) is 3.42. The van der Waals surface area contributed by atoms with Crippen LogP contribution in [0.15, 0.2) is 24.3 Å². The van der Waals surface area contributed by atoms with Gasteiger partial charge in [0.15, 0.2) is 0 Å². The van der Waals surface area contributed by atoms with Gasteiger partial charge in [-0.3, -0.25) is 4.79 Å². The number of amides is 1. The third-order valence-corrected chi connectivity index (χ3v) is 6.08. The van der Waals surface area contributed by atoms with Gasteiger partial charge in [0.1, 0.15) is 11.9 Å². The molecule has 6 heteroatoms. The Hall–Kier alpha value is -1.17. The van der Waals surface area contributed by atoms with E-state index in [-0.39, 0.29) is 48.3 Å².